The van der Waals surface area contributed by atoms with Gasteiger partial charge >= 0.3 is 0 Å². The van der Waals surface area contributed by atoms with Gasteiger partial charge in [0.2, 0.25) is 5.91 Å². The summed E-state index contributed by atoms with van der Waals surface area (Å²) >= 11 is 5.81. The minimum absolute atomic E-state index is 0.269. The maximum Gasteiger partial charge on any atom is 0.222 e. The molecule has 1 unspecified atom stereocenters. The van der Waals surface area contributed by atoms with E-state index in [2.05, 4.69) is 0 Å². The third kappa shape index (κ3) is 4.92. The molecule has 1 saturated heterocycles. The predicted molar refractivity (Wildman–Crippen MR) is 86.0 cm³/mol. The quantitative estimate of drug-likeness (QED) is 0.753. The molecule has 1 aromatic carbocycles. The van der Waals surface area contributed by atoms with E-state index in [1.165, 1.54) is 12.0 Å². The van der Waals surface area contributed by atoms with Gasteiger partial charge < -0.3 is 9.64 Å². The van der Waals surface area contributed by atoms with E-state index >= 15 is 0 Å². The third-order valence-corrected chi connectivity index (χ3v) is 4.39. The van der Waals surface area contributed by atoms with Crippen molar-refractivity contribution in [1.29, 1.82) is 0 Å². The molecule has 2 rings (SSSR count). The van der Waals surface area contributed by atoms with E-state index in [0.717, 1.165) is 38.1 Å². The van der Waals surface area contributed by atoms with Crippen molar-refractivity contribution in [1.82, 2.24) is 4.90 Å². The van der Waals surface area contributed by atoms with Crippen LogP contribution in [0.3, 0.4) is 0 Å². The summed E-state index contributed by atoms with van der Waals surface area (Å²) in [6, 6.07) is 7.94. The van der Waals surface area contributed by atoms with Gasteiger partial charge in [0, 0.05) is 25.4 Å². The number of methoxy groups -OCH3 is 1. The minimum Gasteiger partial charge on any atom is -0.497 e. The Bertz CT molecular complexity index is 445. The lowest BCUT2D eigenvalue weighted by atomic mass is 9.95. The molecular formula is C17H24ClNO2. The number of hydrogen-bond acceptors (Lipinski definition) is 2. The molecule has 1 amide bonds. The van der Waals surface area contributed by atoms with E-state index in [1.54, 1.807) is 7.11 Å². The molecule has 4 heteroatoms. The van der Waals surface area contributed by atoms with Gasteiger partial charge in [0.05, 0.1) is 7.11 Å². The van der Waals surface area contributed by atoms with Crippen molar-refractivity contribution in [3.8, 4) is 5.75 Å². The van der Waals surface area contributed by atoms with Crippen LogP contribution in [0.5, 0.6) is 5.75 Å². The first-order chi connectivity index (χ1) is 10.2. The summed E-state index contributed by atoms with van der Waals surface area (Å²) in [5.74, 6) is 2.40. The van der Waals surface area contributed by atoms with Gasteiger partial charge in [-0.05, 0) is 49.3 Å². The molecule has 116 valence electrons. The van der Waals surface area contributed by atoms with Crippen molar-refractivity contribution in [2.75, 3.05) is 26.1 Å². The number of nitrogens with zero attached hydrogens (tertiary/aromatic N) is 1. The van der Waals surface area contributed by atoms with Crippen molar-refractivity contribution < 1.29 is 9.53 Å². The van der Waals surface area contributed by atoms with Crippen LogP contribution in [0.4, 0.5) is 0 Å². The second-order valence-electron chi connectivity index (χ2n) is 5.67. The zero-order chi connectivity index (χ0) is 15.1. The topological polar surface area (TPSA) is 29.5 Å². The van der Waals surface area contributed by atoms with Gasteiger partial charge in [0.15, 0.2) is 0 Å². The van der Waals surface area contributed by atoms with Crippen molar-refractivity contribution >= 4 is 17.5 Å². The molecule has 3 nitrogen and oxygen atoms in total. The Morgan fingerprint density at radius 3 is 2.81 bits per heavy atom. The molecular weight excluding hydrogens is 286 g/mol. The number of benzene rings is 1. The number of rotatable bonds is 6. The van der Waals surface area contributed by atoms with Gasteiger partial charge in [0.25, 0.3) is 0 Å². The monoisotopic (exact) mass is 309 g/mol. The Balaban J connectivity index is 1.80. The maximum absolute atomic E-state index is 12.3. The molecule has 1 aliphatic rings. The van der Waals surface area contributed by atoms with E-state index in [0.29, 0.717) is 18.2 Å². The van der Waals surface area contributed by atoms with Crippen LogP contribution in [-0.4, -0.2) is 36.9 Å². The van der Waals surface area contributed by atoms with E-state index in [9.17, 15) is 4.79 Å². The Labute approximate surface area is 132 Å². The van der Waals surface area contributed by atoms with E-state index in [1.807, 2.05) is 29.2 Å². The largest absolute Gasteiger partial charge is 0.497 e. The molecule has 1 fully saturated rings. The summed E-state index contributed by atoms with van der Waals surface area (Å²) in [7, 11) is 1.66. The third-order valence-electron chi connectivity index (χ3n) is 4.18. The summed E-state index contributed by atoms with van der Waals surface area (Å²) in [6.07, 6.45) is 4.70. The second kappa shape index (κ2) is 8.28. The van der Waals surface area contributed by atoms with E-state index < -0.39 is 0 Å². The van der Waals surface area contributed by atoms with E-state index in [-0.39, 0.29) is 5.91 Å². The summed E-state index contributed by atoms with van der Waals surface area (Å²) in [4.78, 5) is 14.3. The highest BCUT2D eigenvalue weighted by molar-refractivity contribution is 6.17. The van der Waals surface area contributed by atoms with Crippen molar-refractivity contribution in [3.63, 3.8) is 0 Å². The van der Waals surface area contributed by atoms with Crippen LogP contribution < -0.4 is 4.74 Å². The molecule has 1 aliphatic heterocycles. The summed E-state index contributed by atoms with van der Waals surface area (Å²) in [5, 5.41) is 0. The molecule has 21 heavy (non-hydrogen) atoms. The average molecular weight is 310 g/mol. The molecule has 0 N–H and O–H groups in total. The van der Waals surface area contributed by atoms with Crippen LogP contribution in [0.25, 0.3) is 0 Å². The fourth-order valence-corrected chi connectivity index (χ4v) is 3.19. The van der Waals surface area contributed by atoms with Gasteiger partial charge in [-0.1, -0.05) is 12.1 Å². The highest BCUT2D eigenvalue weighted by Gasteiger charge is 2.22. The van der Waals surface area contributed by atoms with Gasteiger partial charge in [-0.15, -0.1) is 11.6 Å². The maximum atomic E-state index is 12.3. The number of amides is 1. The number of carbonyl (C=O) groups is 1. The number of ether oxygens (including phenoxy) is 1. The van der Waals surface area contributed by atoms with Gasteiger partial charge in [-0.3, -0.25) is 4.79 Å². The summed E-state index contributed by atoms with van der Waals surface area (Å²) in [5.41, 5.74) is 1.18. The van der Waals surface area contributed by atoms with Gasteiger partial charge in [-0.2, -0.15) is 0 Å². The number of likely N-dealkylation sites (tertiary alicyclic amines) is 1. The molecule has 0 aromatic heterocycles. The molecule has 1 atom stereocenters. The number of piperidine rings is 1. The fourth-order valence-electron chi connectivity index (χ4n) is 2.88. The Morgan fingerprint density at radius 1 is 1.38 bits per heavy atom. The molecule has 0 bridgehead atoms. The molecule has 1 aromatic rings. The summed E-state index contributed by atoms with van der Waals surface area (Å²) in [6.45, 7) is 1.79. The molecule has 0 spiro atoms. The summed E-state index contributed by atoms with van der Waals surface area (Å²) < 4.78 is 5.14. The molecule has 1 heterocycles. The average Bonchev–Trinajstić information content (AvgIpc) is 2.53. The first-order valence-corrected chi connectivity index (χ1v) is 8.23. The SMILES string of the molecule is COc1ccc(CCC(=O)N2CCCC(CCCl)C2)cc1. The zero-order valence-corrected chi connectivity index (χ0v) is 13.4. The lowest BCUT2D eigenvalue weighted by molar-refractivity contribution is -0.133. The van der Waals surface area contributed by atoms with Crippen LogP contribution in [0.15, 0.2) is 24.3 Å². The molecule has 0 saturated carbocycles. The highest BCUT2D eigenvalue weighted by Crippen LogP contribution is 2.21. The Morgan fingerprint density at radius 2 is 2.14 bits per heavy atom. The lowest BCUT2D eigenvalue weighted by Crippen LogP contribution is -2.40. The number of carbonyl (C=O) groups excluding carboxylic acids is 1. The Kier molecular flexibility index (Phi) is 6.37. The van der Waals surface area contributed by atoms with Gasteiger partial charge in [0.1, 0.15) is 5.75 Å². The number of hydrogen-bond donors (Lipinski definition) is 0. The van der Waals surface area contributed by atoms with Crippen molar-refractivity contribution in [3.05, 3.63) is 29.8 Å². The molecule has 0 aliphatic carbocycles. The minimum atomic E-state index is 0.269. The normalized spacial score (nSPS) is 18.6. The van der Waals surface area contributed by atoms with Gasteiger partial charge in [-0.25, -0.2) is 0 Å². The smallest absolute Gasteiger partial charge is 0.222 e. The number of aryl methyl sites for hydroxylation is 1. The standard InChI is InChI=1S/C17H24ClNO2/c1-21-16-7-4-14(5-8-16)6-9-17(20)19-12-2-3-15(13-19)10-11-18/h4-5,7-8,15H,2-3,6,9-13H2,1H3. The predicted octanol–water partition coefficient (Wildman–Crippen LogP) is 3.50. The van der Waals surface area contributed by atoms with Crippen LogP contribution >= 0.6 is 11.6 Å². The van der Waals surface area contributed by atoms with Crippen molar-refractivity contribution in [2.24, 2.45) is 5.92 Å². The van der Waals surface area contributed by atoms with E-state index in [4.69, 9.17) is 16.3 Å². The zero-order valence-electron chi connectivity index (χ0n) is 12.7. The lowest BCUT2D eigenvalue weighted by Gasteiger charge is -2.32. The van der Waals surface area contributed by atoms with Crippen LogP contribution in [0.1, 0.15) is 31.2 Å². The van der Waals surface area contributed by atoms with Crippen molar-refractivity contribution in [2.45, 2.75) is 32.1 Å². The first kappa shape index (κ1) is 16.2. The highest BCUT2D eigenvalue weighted by atomic mass is 35.5. The number of halogens is 1. The first-order valence-electron chi connectivity index (χ1n) is 7.69. The Hall–Kier alpha value is -1.22. The van der Waals surface area contributed by atoms with Crippen LogP contribution in [-0.2, 0) is 11.2 Å². The van der Waals surface area contributed by atoms with Crippen LogP contribution in [0.2, 0.25) is 0 Å². The number of alkyl halides is 1. The second-order valence-corrected chi connectivity index (χ2v) is 6.05. The van der Waals surface area contributed by atoms with Crippen LogP contribution in [0, 0.1) is 5.92 Å². The molecule has 0 radical (unpaired) electrons. The fraction of sp³-hybridized carbons (Fsp3) is 0.588.